The van der Waals surface area contributed by atoms with Gasteiger partial charge in [-0.1, -0.05) is 6.58 Å². The molecule has 0 nitrogen and oxygen atoms in total. The monoisotopic (exact) mass is 158 g/mol. The van der Waals surface area contributed by atoms with Crippen molar-refractivity contribution in [3.05, 3.63) is 18.4 Å². The maximum atomic E-state index is 3.55. The Bertz CT molecular complexity index is 119. The number of hydrogen-bond donors (Lipinski definition) is 0. The summed E-state index contributed by atoms with van der Waals surface area (Å²) in [5, 5.41) is 0.682. The molecule has 1 aliphatic rings. The highest BCUT2D eigenvalue weighted by Gasteiger charge is 2.09. The molecule has 0 aromatic rings. The average molecular weight is 158 g/mol. The van der Waals surface area contributed by atoms with Crippen LogP contribution in [-0.4, -0.2) is 22.5 Å². The van der Waals surface area contributed by atoms with Crippen molar-refractivity contribution in [1.29, 1.82) is 0 Å². The Morgan fingerprint density at radius 2 is 2.44 bits per heavy atom. The molecule has 0 N–H and O–H groups in total. The molecule has 1 aliphatic heterocycles. The van der Waals surface area contributed by atoms with Crippen LogP contribution in [0.5, 0.6) is 0 Å². The smallest absolute Gasteiger partial charge is 0.0392 e. The van der Waals surface area contributed by atoms with Crippen LogP contribution in [0.1, 0.15) is 0 Å². The topological polar surface area (TPSA) is 0 Å². The van der Waals surface area contributed by atoms with Crippen molar-refractivity contribution >= 4 is 23.5 Å². The van der Waals surface area contributed by atoms with Crippen molar-refractivity contribution in [3.8, 4) is 0 Å². The van der Waals surface area contributed by atoms with E-state index in [4.69, 9.17) is 0 Å². The predicted molar refractivity (Wildman–Crippen MR) is 47.3 cm³/mol. The lowest BCUT2D eigenvalue weighted by molar-refractivity contribution is 1.24. The van der Waals surface area contributed by atoms with E-state index < -0.39 is 0 Å². The summed E-state index contributed by atoms with van der Waals surface area (Å²) < 4.78 is 0. The molecule has 2 heteroatoms. The maximum absolute atomic E-state index is 3.55. The van der Waals surface area contributed by atoms with Crippen molar-refractivity contribution in [3.63, 3.8) is 0 Å². The van der Waals surface area contributed by atoms with Gasteiger partial charge in [-0.2, -0.15) is 23.5 Å². The zero-order valence-electron chi connectivity index (χ0n) is 5.30. The summed E-state index contributed by atoms with van der Waals surface area (Å²) in [5.74, 6) is 3.84. The Morgan fingerprint density at radius 1 is 1.56 bits per heavy atom. The largest absolute Gasteiger partial charge is 0.160 e. The van der Waals surface area contributed by atoms with Crippen molar-refractivity contribution in [1.82, 2.24) is 0 Å². The zero-order chi connectivity index (χ0) is 6.53. The number of rotatable bonds is 1. The van der Waals surface area contributed by atoms with Crippen LogP contribution >= 0.6 is 23.5 Å². The lowest BCUT2D eigenvalue weighted by Crippen LogP contribution is -2.10. The molecule has 1 unspecified atom stereocenters. The van der Waals surface area contributed by atoms with E-state index in [1.807, 2.05) is 23.5 Å². The van der Waals surface area contributed by atoms with E-state index in [0.29, 0.717) is 5.25 Å². The van der Waals surface area contributed by atoms with Crippen molar-refractivity contribution < 1.29 is 0 Å². The third-order valence-electron chi connectivity index (χ3n) is 1.15. The first-order valence-corrected chi connectivity index (χ1v) is 5.19. The second-order valence-corrected chi connectivity index (χ2v) is 4.35. The lowest BCUT2D eigenvalue weighted by Gasteiger charge is -2.15. The van der Waals surface area contributed by atoms with Crippen LogP contribution in [0.3, 0.4) is 0 Å². The van der Waals surface area contributed by atoms with Crippen LogP contribution in [0.15, 0.2) is 18.4 Å². The number of thioether (sulfide) groups is 2. The molecule has 1 saturated heterocycles. The minimum absolute atomic E-state index is 0.682. The Labute approximate surface area is 64.8 Å². The highest BCUT2D eigenvalue weighted by molar-refractivity contribution is 8.06. The van der Waals surface area contributed by atoms with Gasteiger partial charge in [-0.25, -0.2) is 0 Å². The molecule has 9 heavy (non-hydrogen) atoms. The van der Waals surface area contributed by atoms with Gasteiger partial charge in [0, 0.05) is 22.5 Å². The van der Waals surface area contributed by atoms with Crippen LogP contribution in [0.4, 0.5) is 0 Å². The van der Waals surface area contributed by atoms with E-state index >= 15 is 0 Å². The van der Waals surface area contributed by atoms with Gasteiger partial charge < -0.3 is 0 Å². The predicted octanol–water partition coefficient (Wildman–Crippen LogP) is 2.18. The SMILES string of the molecule is C=C=CC1CSCCS1. The van der Waals surface area contributed by atoms with Gasteiger partial charge in [-0.15, -0.1) is 5.73 Å². The second kappa shape index (κ2) is 4.10. The Balaban J connectivity index is 2.31. The van der Waals surface area contributed by atoms with E-state index in [1.165, 1.54) is 17.3 Å². The Kier molecular flexibility index (Phi) is 3.34. The third-order valence-corrected chi connectivity index (χ3v) is 3.87. The fraction of sp³-hybridized carbons (Fsp3) is 0.571. The summed E-state index contributed by atoms with van der Waals surface area (Å²) in [7, 11) is 0. The van der Waals surface area contributed by atoms with E-state index in [2.05, 4.69) is 18.4 Å². The first-order chi connectivity index (χ1) is 4.43. The Hall–Kier alpha value is 0.220. The molecular weight excluding hydrogens is 148 g/mol. The van der Waals surface area contributed by atoms with E-state index in [0.717, 1.165) is 0 Å². The maximum Gasteiger partial charge on any atom is 0.0392 e. The molecule has 0 saturated carbocycles. The van der Waals surface area contributed by atoms with Crippen molar-refractivity contribution in [2.24, 2.45) is 0 Å². The van der Waals surface area contributed by atoms with Crippen LogP contribution < -0.4 is 0 Å². The third kappa shape index (κ3) is 2.53. The van der Waals surface area contributed by atoms with Crippen LogP contribution in [0.2, 0.25) is 0 Å². The highest BCUT2D eigenvalue weighted by Crippen LogP contribution is 2.24. The van der Waals surface area contributed by atoms with E-state index in [-0.39, 0.29) is 0 Å². The van der Waals surface area contributed by atoms with Gasteiger partial charge in [0.05, 0.1) is 0 Å². The molecule has 1 rings (SSSR count). The van der Waals surface area contributed by atoms with Crippen LogP contribution in [0.25, 0.3) is 0 Å². The first kappa shape index (κ1) is 7.33. The van der Waals surface area contributed by atoms with E-state index in [9.17, 15) is 0 Å². The van der Waals surface area contributed by atoms with Gasteiger partial charge >= 0.3 is 0 Å². The molecule has 0 radical (unpaired) electrons. The van der Waals surface area contributed by atoms with Gasteiger partial charge in [-0.3, -0.25) is 0 Å². The summed E-state index contributed by atoms with van der Waals surface area (Å²) in [6, 6.07) is 0. The molecule has 0 aliphatic carbocycles. The van der Waals surface area contributed by atoms with Gasteiger partial charge in [0.15, 0.2) is 0 Å². The minimum Gasteiger partial charge on any atom is -0.160 e. The van der Waals surface area contributed by atoms with Gasteiger partial charge in [0.2, 0.25) is 0 Å². The standard InChI is InChI=1S/C7H10S2/c1-2-3-7-6-8-4-5-9-7/h3,7H,1,4-6H2. The van der Waals surface area contributed by atoms with Gasteiger partial charge in [0.1, 0.15) is 0 Å². The molecule has 0 aromatic heterocycles. The molecule has 0 bridgehead atoms. The molecule has 50 valence electrons. The molecule has 0 aromatic carbocycles. The average Bonchev–Trinajstić information content (AvgIpc) is 1.91. The van der Waals surface area contributed by atoms with Crippen LogP contribution in [0, 0.1) is 0 Å². The minimum atomic E-state index is 0.682. The lowest BCUT2D eigenvalue weighted by atomic mass is 10.4. The Morgan fingerprint density at radius 3 is 3.00 bits per heavy atom. The highest BCUT2D eigenvalue weighted by atomic mass is 32.2. The number of hydrogen-bond acceptors (Lipinski definition) is 2. The molecule has 0 amide bonds. The molecular formula is C7H10S2. The zero-order valence-corrected chi connectivity index (χ0v) is 6.93. The summed E-state index contributed by atoms with van der Waals surface area (Å²) in [6.07, 6.45) is 2.07. The van der Waals surface area contributed by atoms with E-state index in [1.54, 1.807) is 0 Å². The fourth-order valence-electron chi connectivity index (χ4n) is 0.734. The summed E-state index contributed by atoms with van der Waals surface area (Å²) >= 11 is 4.03. The molecule has 1 atom stereocenters. The normalized spacial score (nSPS) is 26.9. The van der Waals surface area contributed by atoms with Crippen LogP contribution in [-0.2, 0) is 0 Å². The van der Waals surface area contributed by atoms with Gasteiger partial charge in [0.25, 0.3) is 0 Å². The summed E-state index contributed by atoms with van der Waals surface area (Å²) in [5.41, 5.74) is 2.83. The summed E-state index contributed by atoms with van der Waals surface area (Å²) in [6.45, 7) is 3.55. The quantitative estimate of drug-likeness (QED) is 0.536. The first-order valence-electron chi connectivity index (χ1n) is 2.99. The molecule has 0 spiro atoms. The summed E-state index contributed by atoms with van der Waals surface area (Å²) in [4.78, 5) is 0. The second-order valence-electron chi connectivity index (χ2n) is 1.85. The van der Waals surface area contributed by atoms with Crippen molar-refractivity contribution in [2.45, 2.75) is 5.25 Å². The van der Waals surface area contributed by atoms with Crippen molar-refractivity contribution in [2.75, 3.05) is 17.3 Å². The molecule has 1 fully saturated rings. The fourth-order valence-corrected chi connectivity index (χ4v) is 3.25. The van der Waals surface area contributed by atoms with Gasteiger partial charge in [-0.05, 0) is 6.08 Å². The molecule has 1 heterocycles.